The number of benzene rings is 2. The third kappa shape index (κ3) is 3.34. The molecule has 0 saturated carbocycles. The van der Waals surface area contributed by atoms with E-state index in [4.69, 9.17) is 4.74 Å². The first-order valence-corrected chi connectivity index (χ1v) is 7.12. The minimum absolute atomic E-state index is 0.0434. The Morgan fingerprint density at radius 3 is 2.48 bits per heavy atom. The number of hydrogen-bond acceptors (Lipinski definition) is 5. The number of nitro groups is 1. The maximum atomic E-state index is 11.1. The maximum absolute atomic E-state index is 11.1. The summed E-state index contributed by atoms with van der Waals surface area (Å²) in [6.07, 6.45) is -0.730. The second kappa shape index (κ2) is 6.60. The molecule has 0 spiro atoms. The summed E-state index contributed by atoms with van der Waals surface area (Å²) in [5.74, 6) is 0.564. The van der Waals surface area contributed by atoms with E-state index < -0.39 is 11.0 Å². The SMILES string of the molecule is COc1cccc(Sc2ccccc2[N+](=O)[O-])c1C(C)O. The van der Waals surface area contributed by atoms with E-state index in [2.05, 4.69) is 0 Å². The molecule has 1 N–H and O–H groups in total. The first-order chi connectivity index (χ1) is 10.0. The van der Waals surface area contributed by atoms with Crippen LogP contribution in [0.3, 0.4) is 0 Å². The lowest BCUT2D eigenvalue weighted by atomic mass is 10.1. The lowest BCUT2D eigenvalue weighted by Gasteiger charge is -2.15. The van der Waals surface area contributed by atoms with Crippen molar-refractivity contribution in [3.63, 3.8) is 0 Å². The molecule has 0 bridgehead atoms. The van der Waals surface area contributed by atoms with Crippen LogP contribution in [0.4, 0.5) is 5.69 Å². The monoisotopic (exact) mass is 305 g/mol. The Bertz CT molecular complexity index is 658. The zero-order chi connectivity index (χ0) is 15.4. The van der Waals surface area contributed by atoms with Crippen LogP contribution in [-0.4, -0.2) is 17.1 Å². The van der Waals surface area contributed by atoms with Crippen LogP contribution in [0, 0.1) is 10.1 Å². The molecule has 0 aliphatic rings. The van der Waals surface area contributed by atoms with Crippen molar-refractivity contribution in [3.8, 4) is 5.75 Å². The number of nitrogens with zero attached hydrogens (tertiary/aromatic N) is 1. The lowest BCUT2D eigenvalue weighted by Crippen LogP contribution is -1.99. The van der Waals surface area contributed by atoms with E-state index in [0.29, 0.717) is 16.2 Å². The van der Waals surface area contributed by atoms with Gasteiger partial charge in [0.15, 0.2) is 0 Å². The first kappa shape index (κ1) is 15.3. The van der Waals surface area contributed by atoms with Crippen LogP contribution < -0.4 is 4.74 Å². The molecule has 21 heavy (non-hydrogen) atoms. The highest BCUT2D eigenvalue weighted by Gasteiger charge is 2.19. The fraction of sp³-hybridized carbons (Fsp3) is 0.200. The van der Waals surface area contributed by atoms with E-state index in [0.717, 1.165) is 4.90 Å². The number of para-hydroxylation sites is 1. The molecular formula is C15H15NO4S. The number of ether oxygens (including phenoxy) is 1. The first-order valence-electron chi connectivity index (χ1n) is 6.30. The van der Waals surface area contributed by atoms with Gasteiger partial charge < -0.3 is 9.84 Å². The number of hydrogen-bond donors (Lipinski definition) is 1. The lowest BCUT2D eigenvalue weighted by molar-refractivity contribution is -0.387. The van der Waals surface area contributed by atoms with Gasteiger partial charge in [0.2, 0.25) is 0 Å². The van der Waals surface area contributed by atoms with Crippen molar-refractivity contribution >= 4 is 17.4 Å². The molecule has 2 rings (SSSR count). The fourth-order valence-corrected chi connectivity index (χ4v) is 3.17. The Kier molecular flexibility index (Phi) is 4.82. The summed E-state index contributed by atoms with van der Waals surface area (Å²) in [4.78, 5) is 11.9. The molecule has 110 valence electrons. The van der Waals surface area contributed by atoms with Gasteiger partial charge in [-0.1, -0.05) is 30.0 Å². The van der Waals surface area contributed by atoms with Crippen molar-refractivity contribution in [1.29, 1.82) is 0 Å². The molecule has 0 aliphatic heterocycles. The van der Waals surface area contributed by atoms with E-state index in [1.165, 1.54) is 24.9 Å². The van der Waals surface area contributed by atoms with Gasteiger partial charge in [-0.3, -0.25) is 10.1 Å². The number of nitro benzene ring substituents is 1. The highest BCUT2D eigenvalue weighted by molar-refractivity contribution is 7.99. The summed E-state index contributed by atoms with van der Waals surface area (Å²) >= 11 is 1.25. The van der Waals surface area contributed by atoms with Gasteiger partial charge in [0, 0.05) is 16.5 Å². The van der Waals surface area contributed by atoms with Gasteiger partial charge in [-0.25, -0.2) is 0 Å². The van der Waals surface area contributed by atoms with Crippen molar-refractivity contribution in [3.05, 3.63) is 58.1 Å². The molecule has 2 aromatic carbocycles. The van der Waals surface area contributed by atoms with E-state index in [1.807, 2.05) is 6.07 Å². The van der Waals surface area contributed by atoms with Crippen LogP contribution >= 0.6 is 11.8 Å². The minimum atomic E-state index is -0.730. The molecule has 0 saturated heterocycles. The average molecular weight is 305 g/mol. The van der Waals surface area contributed by atoms with E-state index in [9.17, 15) is 15.2 Å². The van der Waals surface area contributed by atoms with Gasteiger partial charge in [0.25, 0.3) is 5.69 Å². The second-order valence-electron chi connectivity index (χ2n) is 4.37. The molecule has 0 fully saturated rings. The van der Waals surface area contributed by atoms with Gasteiger partial charge in [0.05, 0.1) is 23.0 Å². The summed E-state index contributed by atoms with van der Waals surface area (Å²) in [5, 5.41) is 21.0. The van der Waals surface area contributed by atoms with Crippen LogP contribution in [0.15, 0.2) is 52.3 Å². The van der Waals surface area contributed by atoms with Crippen molar-refractivity contribution in [2.24, 2.45) is 0 Å². The third-order valence-corrected chi connectivity index (χ3v) is 4.09. The standard InChI is InChI=1S/C15H15NO4S/c1-10(17)15-12(20-2)7-5-9-14(15)21-13-8-4-3-6-11(13)16(18)19/h3-10,17H,1-2H3. The molecule has 0 aliphatic carbocycles. The number of methoxy groups -OCH3 is 1. The van der Waals surface area contributed by atoms with Crippen molar-refractivity contribution in [2.45, 2.75) is 22.8 Å². The quantitative estimate of drug-likeness (QED) is 0.671. The Hall–Kier alpha value is -2.05. The van der Waals surface area contributed by atoms with Crippen molar-refractivity contribution < 1.29 is 14.8 Å². The fourth-order valence-electron chi connectivity index (χ4n) is 2.02. The van der Waals surface area contributed by atoms with Crippen LogP contribution in [-0.2, 0) is 0 Å². The Balaban J connectivity index is 2.48. The topological polar surface area (TPSA) is 72.6 Å². The average Bonchev–Trinajstić information content (AvgIpc) is 2.47. The highest BCUT2D eigenvalue weighted by Crippen LogP contribution is 2.41. The molecule has 1 unspecified atom stereocenters. The summed E-state index contributed by atoms with van der Waals surface area (Å²) < 4.78 is 5.26. The van der Waals surface area contributed by atoms with Gasteiger partial charge in [-0.05, 0) is 25.1 Å². The van der Waals surface area contributed by atoms with Crippen LogP contribution in [0.25, 0.3) is 0 Å². The number of rotatable bonds is 5. The van der Waals surface area contributed by atoms with E-state index in [1.54, 1.807) is 37.3 Å². The van der Waals surface area contributed by atoms with Crippen LogP contribution in [0.2, 0.25) is 0 Å². The predicted octanol–water partition coefficient (Wildman–Crippen LogP) is 3.81. The molecule has 0 heterocycles. The van der Waals surface area contributed by atoms with Crippen molar-refractivity contribution in [2.75, 3.05) is 7.11 Å². The third-order valence-electron chi connectivity index (χ3n) is 2.95. The van der Waals surface area contributed by atoms with Gasteiger partial charge in [0.1, 0.15) is 5.75 Å². The molecule has 6 heteroatoms. The molecule has 0 amide bonds. The number of aliphatic hydroxyl groups is 1. The predicted molar refractivity (Wildman–Crippen MR) is 80.8 cm³/mol. The zero-order valence-corrected chi connectivity index (χ0v) is 12.5. The van der Waals surface area contributed by atoms with Crippen LogP contribution in [0.1, 0.15) is 18.6 Å². The van der Waals surface area contributed by atoms with Gasteiger partial charge in [-0.15, -0.1) is 0 Å². The number of aliphatic hydroxyl groups excluding tert-OH is 1. The molecule has 2 aromatic rings. The van der Waals surface area contributed by atoms with Gasteiger partial charge >= 0.3 is 0 Å². The Morgan fingerprint density at radius 1 is 1.19 bits per heavy atom. The summed E-state index contributed by atoms with van der Waals surface area (Å²) in [6.45, 7) is 1.64. The second-order valence-corrected chi connectivity index (χ2v) is 5.46. The zero-order valence-electron chi connectivity index (χ0n) is 11.6. The Labute approximate surface area is 126 Å². The molecular weight excluding hydrogens is 290 g/mol. The minimum Gasteiger partial charge on any atom is -0.496 e. The Morgan fingerprint density at radius 2 is 1.86 bits per heavy atom. The summed E-state index contributed by atoms with van der Waals surface area (Å²) in [6, 6.07) is 11.9. The molecule has 0 radical (unpaired) electrons. The highest BCUT2D eigenvalue weighted by atomic mass is 32.2. The van der Waals surface area contributed by atoms with Crippen LogP contribution in [0.5, 0.6) is 5.75 Å². The molecule has 0 aromatic heterocycles. The molecule has 1 atom stereocenters. The van der Waals surface area contributed by atoms with Gasteiger partial charge in [-0.2, -0.15) is 0 Å². The summed E-state index contributed by atoms with van der Waals surface area (Å²) in [7, 11) is 1.53. The largest absolute Gasteiger partial charge is 0.496 e. The summed E-state index contributed by atoms with van der Waals surface area (Å²) in [5.41, 5.74) is 0.671. The maximum Gasteiger partial charge on any atom is 0.283 e. The van der Waals surface area contributed by atoms with E-state index in [-0.39, 0.29) is 5.69 Å². The normalized spacial score (nSPS) is 12.0. The van der Waals surface area contributed by atoms with Crippen molar-refractivity contribution in [1.82, 2.24) is 0 Å². The molecule has 5 nitrogen and oxygen atoms in total. The smallest absolute Gasteiger partial charge is 0.283 e. The van der Waals surface area contributed by atoms with E-state index >= 15 is 0 Å².